The Labute approximate surface area is 134 Å². The topological polar surface area (TPSA) is 49.2 Å². The van der Waals surface area contributed by atoms with Crippen molar-refractivity contribution in [2.75, 3.05) is 13.7 Å². The van der Waals surface area contributed by atoms with Crippen LogP contribution in [0.2, 0.25) is 0 Å². The molecule has 0 N–H and O–H groups in total. The molecule has 2 aromatic heterocycles. The van der Waals surface area contributed by atoms with Crippen molar-refractivity contribution in [2.24, 2.45) is 0 Å². The van der Waals surface area contributed by atoms with Crippen LogP contribution in [0.5, 0.6) is 5.75 Å². The molecule has 1 aromatic carbocycles. The average molecular weight is 309 g/mol. The van der Waals surface area contributed by atoms with Gasteiger partial charge in [-0.2, -0.15) is 0 Å². The largest absolute Gasteiger partial charge is 0.497 e. The van der Waals surface area contributed by atoms with E-state index in [1.165, 1.54) is 5.56 Å². The number of methoxy groups -OCH3 is 1. The van der Waals surface area contributed by atoms with Gasteiger partial charge in [-0.1, -0.05) is 12.1 Å². The zero-order valence-corrected chi connectivity index (χ0v) is 13.1. The number of fused-ring (bicyclic) bond motifs is 1. The summed E-state index contributed by atoms with van der Waals surface area (Å²) in [5.41, 5.74) is 3.02. The first-order valence-corrected chi connectivity index (χ1v) is 7.91. The molecule has 1 aliphatic rings. The van der Waals surface area contributed by atoms with E-state index in [1.807, 2.05) is 30.5 Å². The Morgan fingerprint density at radius 1 is 1.26 bits per heavy atom. The Kier molecular flexibility index (Phi) is 3.71. The number of benzene rings is 1. The van der Waals surface area contributed by atoms with E-state index in [9.17, 15) is 0 Å². The Morgan fingerprint density at radius 2 is 2.13 bits per heavy atom. The van der Waals surface area contributed by atoms with Crippen molar-refractivity contribution in [3.63, 3.8) is 0 Å². The molecule has 0 aliphatic carbocycles. The first-order chi connectivity index (χ1) is 11.3. The summed E-state index contributed by atoms with van der Waals surface area (Å²) in [6, 6.07) is 12.0. The second-order valence-electron chi connectivity index (χ2n) is 5.74. The van der Waals surface area contributed by atoms with E-state index >= 15 is 0 Å². The van der Waals surface area contributed by atoms with Gasteiger partial charge in [0, 0.05) is 19.2 Å². The maximum absolute atomic E-state index is 5.88. The third-order valence-corrected chi connectivity index (χ3v) is 4.24. The summed E-state index contributed by atoms with van der Waals surface area (Å²) in [5, 5.41) is 0. The van der Waals surface area contributed by atoms with Crippen LogP contribution in [0.4, 0.5) is 0 Å². The smallest absolute Gasteiger partial charge is 0.162 e. The Balaban J connectivity index is 1.74. The number of hydrogen-bond acceptors (Lipinski definition) is 4. The summed E-state index contributed by atoms with van der Waals surface area (Å²) in [7, 11) is 1.68. The van der Waals surface area contributed by atoms with Crippen LogP contribution in [0.3, 0.4) is 0 Å². The van der Waals surface area contributed by atoms with E-state index in [1.54, 1.807) is 7.11 Å². The maximum Gasteiger partial charge on any atom is 0.162 e. The van der Waals surface area contributed by atoms with Crippen LogP contribution in [0, 0.1) is 0 Å². The zero-order valence-electron chi connectivity index (χ0n) is 13.1. The number of aromatic nitrogens is 3. The van der Waals surface area contributed by atoms with Gasteiger partial charge in [-0.3, -0.25) is 4.57 Å². The molecule has 1 saturated heterocycles. The standard InChI is InChI=1S/C18H19N3O2/c1-22-14-8-6-13(7-9-14)12-16-20-15-4-2-10-19-18(15)21(16)17-5-3-11-23-17/h2,4,6-10,17H,3,5,11-12H2,1H3. The third kappa shape index (κ3) is 2.68. The maximum atomic E-state index is 5.88. The summed E-state index contributed by atoms with van der Waals surface area (Å²) >= 11 is 0. The van der Waals surface area contributed by atoms with Crippen LogP contribution in [0.15, 0.2) is 42.6 Å². The molecular formula is C18H19N3O2. The molecule has 1 atom stereocenters. The van der Waals surface area contributed by atoms with Crippen LogP contribution >= 0.6 is 0 Å². The molecule has 0 radical (unpaired) electrons. The number of imidazole rings is 1. The monoisotopic (exact) mass is 309 g/mol. The lowest BCUT2D eigenvalue weighted by Gasteiger charge is -2.15. The Hall–Kier alpha value is -2.40. The van der Waals surface area contributed by atoms with Crippen molar-refractivity contribution in [2.45, 2.75) is 25.5 Å². The fourth-order valence-corrected chi connectivity index (χ4v) is 3.09. The fourth-order valence-electron chi connectivity index (χ4n) is 3.09. The Morgan fingerprint density at radius 3 is 2.87 bits per heavy atom. The van der Waals surface area contributed by atoms with Gasteiger partial charge in [0.15, 0.2) is 5.65 Å². The van der Waals surface area contributed by atoms with E-state index in [0.717, 1.165) is 48.6 Å². The van der Waals surface area contributed by atoms with Gasteiger partial charge in [-0.15, -0.1) is 0 Å². The molecule has 0 bridgehead atoms. The number of rotatable bonds is 4. The summed E-state index contributed by atoms with van der Waals surface area (Å²) in [5.74, 6) is 1.86. The van der Waals surface area contributed by atoms with Crippen LogP contribution < -0.4 is 4.74 Å². The van der Waals surface area contributed by atoms with Gasteiger partial charge < -0.3 is 9.47 Å². The van der Waals surface area contributed by atoms with Gasteiger partial charge in [0.25, 0.3) is 0 Å². The fraction of sp³-hybridized carbons (Fsp3) is 0.333. The third-order valence-electron chi connectivity index (χ3n) is 4.24. The molecule has 3 aromatic rings. The number of pyridine rings is 1. The quantitative estimate of drug-likeness (QED) is 0.741. The molecule has 23 heavy (non-hydrogen) atoms. The van der Waals surface area contributed by atoms with Gasteiger partial charge in [0.2, 0.25) is 0 Å². The van der Waals surface area contributed by atoms with E-state index in [-0.39, 0.29) is 6.23 Å². The molecule has 5 heteroatoms. The van der Waals surface area contributed by atoms with Gasteiger partial charge in [0.05, 0.1) is 7.11 Å². The summed E-state index contributed by atoms with van der Waals surface area (Å²) in [6.07, 6.45) is 4.70. The molecule has 118 valence electrons. The molecule has 1 aliphatic heterocycles. The van der Waals surface area contributed by atoms with Crippen LogP contribution in [-0.4, -0.2) is 28.3 Å². The van der Waals surface area contributed by atoms with Gasteiger partial charge in [-0.05, 0) is 42.7 Å². The van der Waals surface area contributed by atoms with Crippen molar-refractivity contribution in [1.82, 2.24) is 14.5 Å². The highest BCUT2D eigenvalue weighted by Gasteiger charge is 2.23. The van der Waals surface area contributed by atoms with Crippen molar-refractivity contribution < 1.29 is 9.47 Å². The number of nitrogens with zero attached hydrogens (tertiary/aromatic N) is 3. The van der Waals surface area contributed by atoms with E-state index in [0.29, 0.717) is 0 Å². The lowest BCUT2D eigenvalue weighted by molar-refractivity contribution is 0.0573. The Bertz CT molecular complexity index is 805. The second kappa shape index (κ2) is 6.01. The molecule has 4 rings (SSSR count). The highest BCUT2D eigenvalue weighted by atomic mass is 16.5. The first kappa shape index (κ1) is 14.2. The molecule has 1 fully saturated rings. The number of ether oxygens (including phenoxy) is 2. The predicted octanol–water partition coefficient (Wildman–Crippen LogP) is 3.34. The van der Waals surface area contributed by atoms with Gasteiger partial charge in [-0.25, -0.2) is 9.97 Å². The van der Waals surface area contributed by atoms with Crippen LogP contribution in [0.25, 0.3) is 11.2 Å². The number of hydrogen-bond donors (Lipinski definition) is 0. The molecular weight excluding hydrogens is 290 g/mol. The van der Waals surface area contributed by atoms with Crippen molar-refractivity contribution in [1.29, 1.82) is 0 Å². The highest BCUT2D eigenvalue weighted by Crippen LogP contribution is 2.29. The highest BCUT2D eigenvalue weighted by molar-refractivity contribution is 5.71. The van der Waals surface area contributed by atoms with Crippen LogP contribution in [-0.2, 0) is 11.2 Å². The van der Waals surface area contributed by atoms with E-state index < -0.39 is 0 Å². The normalized spacial score (nSPS) is 17.7. The second-order valence-corrected chi connectivity index (χ2v) is 5.74. The van der Waals surface area contributed by atoms with Gasteiger partial charge >= 0.3 is 0 Å². The van der Waals surface area contributed by atoms with Gasteiger partial charge in [0.1, 0.15) is 23.3 Å². The van der Waals surface area contributed by atoms with Crippen LogP contribution in [0.1, 0.15) is 30.5 Å². The van der Waals surface area contributed by atoms with Crippen molar-refractivity contribution in [3.05, 3.63) is 54.0 Å². The van der Waals surface area contributed by atoms with E-state index in [2.05, 4.69) is 21.7 Å². The minimum Gasteiger partial charge on any atom is -0.497 e. The predicted molar refractivity (Wildman–Crippen MR) is 87.6 cm³/mol. The first-order valence-electron chi connectivity index (χ1n) is 7.91. The molecule has 0 spiro atoms. The minimum absolute atomic E-state index is 0.0446. The van der Waals surface area contributed by atoms with Crippen molar-refractivity contribution in [3.8, 4) is 5.75 Å². The molecule has 0 amide bonds. The molecule has 0 saturated carbocycles. The summed E-state index contributed by atoms with van der Waals surface area (Å²) in [4.78, 5) is 9.30. The zero-order chi connectivity index (χ0) is 15.6. The minimum atomic E-state index is 0.0446. The molecule has 3 heterocycles. The summed E-state index contributed by atoms with van der Waals surface area (Å²) in [6.45, 7) is 0.805. The molecule has 1 unspecified atom stereocenters. The SMILES string of the molecule is COc1ccc(Cc2nc3cccnc3n2C2CCCO2)cc1. The lowest BCUT2D eigenvalue weighted by atomic mass is 10.1. The summed E-state index contributed by atoms with van der Waals surface area (Å²) < 4.78 is 13.3. The average Bonchev–Trinajstić information content (AvgIpc) is 3.22. The van der Waals surface area contributed by atoms with E-state index in [4.69, 9.17) is 14.5 Å². The molecule has 5 nitrogen and oxygen atoms in total. The van der Waals surface area contributed by atoms with Crippen molar-refractivity contribution >= 4 is 11.2 Å². The lowest BCUT2D eigenvalue weighted by Crippen LogP contribution is -2.12.